The second kappa shape index (κ2) is 6.74. The van der Waals surface area contributed by atoms with Crippen molar-refractivity contribution < 1.29 is 14.0 Å². The molecule has 7 heteroatoms. The van der Waals surface area contributed by atoms with Gasteiger partial charge in [-0.25, -0.2) is 0 Å². The number of imide groups is 1. The maximum atomic E-state index is 12.7. The highest BCUT2D eigenvalue weighted by Gasteiger charge is 2.59. The molecule has 1 saturated heterocycles. The van der Waals surface area contributed by atoms with Gasteiger partial charge >= 0.3 is 0 Å². The van der Waals surface area contributed by atoms with E-state index in [9.17, 15) is 9.59 Å². The first-order valence-electron chi connectivity index (χ1n) is 9.15. The van der Waals surface area contributed by atoms with Gasteiger partial charge in [-0.15, -0.1) is 0 Å². The van der Waals surface area contributed by atoms with Crippen molar-refractivity contribution in [3.63, 3.8) is 0 Å². The molecule has 0 N–H and O–H groups in total. The molecule has 1 saturated carbocycles. The Morgan fingerprint density at radius 3 is 2.43 bits per heavy atom. The summed E-state index contributed by atoms with van der Waals surface area (Å²) in [5, 5.41) is 5.90. The number of hydrogen-bond donors (Lipinski definition) is 0. The number of amides is 2. The monoisotopic (exact) mass is 456 g/mol. The number of allylic oxidation sites excluding steroid dienone is 2. The largest absolute Gasteiger partial charge is 0.447 e. The average Bonchev–Trinajstić information content (AvgIpc) is 3.42. The minimum atomic E-state index is -0.240. The van der Waals surface area contributed by atoms with Crippen molar-refractivity contribution in [2.75, 3.05) is 0 Å². The smallest absolute Gasteiger partial charge is 0.254 e. The highest BCUT2D eigenvalue weighted by atomic mass is 79.9. The number of furan rings is 1. The van der Waals surface area contributed by atoms with E-state index in [1.807, 2.05) is 31.2 Å². The van der Waals surface area contributed by atoms with Crippen LogP contribution in [0.15, 0.2) is 66.5 Å². The Kier molecular flexibility index (Phi) is 4.32. The third kappa shape index (κ3) is 2.88. The van der Waals surface area contributed by atoms with Crippen molar-refractivity contribution in [3.05, 3.63) is 58.3 Å². The van der Waals surface area contributed by atoms with Gasteiger partial charge in [-0.1, -0.05) is 41.6 Å². The zero-order chi connectivity index (χ0) is 19.4. The SMILES string of the molecule is Cc1ccc(Sc2oc(C=NN3C(=O)C4C5C=CC(C5)C4C3=O)cc2Br)cc1. The van der Waals surface area contributed by atoms with Crippen LogP contribution in [0.25, 0.3) is 0 Å². The molecule has 1 aromatic carbocycles. The predicted octanol–water partition coefficient (Wildman–Crippen LogP) is 4.64. The van der Waals surface area contributed by atoms with Crippen molar-refractivity contribution in [2.24, 2.45) is 28.8 Å². The minimum Gasteiger partial charge on any atom is -0.447 e. The number of hydrogen-bond acceptors (Lipinski definition) is 5. The van der Waals surface area contributed by atoms with E-state index in [0.717, 1.165) is 20.8 Å². The Balaban J connectivity index is 1.33. The third-order valence-corrected chi connectivity index (χ3v) is 7.50. The molecule has 1 aliphatic heterocycles. The molecule has 2 fully saturated rings. The van der Waals surface area contributed by atoms with E-state index in [4.69, 9.17) is 4.42 Å². The molecule has 2 amide bonds. The maximum Gasteiger partial charge on any atom is 0.254 e. The van der Waals surface area contributed by atoms with Crippen molar-refractivity contribution in [3.8, 4) is 0 Å². The Morgan fingerprint density at radius 2 is 1.79 bits per heavy atom. The number of carbonyl (C=O) groups excluding carboxylic acids is 2. The van der Waals surface area contributed by atoms with E-state index in [1.54, 1.807) is 6.07 Å². The molecule has 0 radical (unpaired) electrons. The van der Waals surface area contributed by atoms with Gasteiger partial charge in [-0.05, 0) is 53.2 Å². The average molecular weight is 457 g/mol. The van der Waals surface area contributed by atoms with Crippen LogP contribution in [0.2, 0.25) is 0 Å². The molecule has 3 aliphatic rings. The Bertz CT molecular complexity index is 997. The third-order valence-electron chi connectivity index (χ3n) is 5.65. The lowest BCUT2D eigenvalue weighted by Gasteiger charge is -2.13. The number of hydrazone groups is 1. The molecule has 5 nitrogen and oxygen atoms in total. The Morgan fingerprint density at radius 1 is 1.14 bits per heavy atom. The van der Waals surface area contributed by atoms with Gasteiger partial charge in [0.15, 0.2) is 5.09 Å². The Hall–Kier alpha value is -2.12. The fraction of sp³-hybridized carbons (Fsp3) is 0.286. The summed E-state index contributed by atoms with van der Waals surface area (Å²) in [6, 6.07) is 9.95. The van der Waals surface area contributed by atoms with E-state index in [0.29, 0.717) is 10.9 Å². The topological polar surface area (TPSA) is 62.9 Å². The highest BCUT2D eigenvalue weighted by Crippen LogP contribution is 2.52. The summed E-state index contributed by atoms with van der Waals surface area (Å²) in [7, 11) is 0. The molecule has 2 aromatic rings. The van der Waals surface area contributed by atoms with Crippen LogP contribution in [-0.2, 0) is 9.59 Å². The Labute approximate surface area is 175 Å². The maximum absolute atomic E-state index is 12.7. The number of rotatable bonds is 4. The number of aryl methyl sites for hydroxylation is 1. The summed E-state index contributed by atoms with van der Waals surface area (Å²) in [6.07, 6.45) is 6.50. The zero-order valence-corrected chi connectivity index (χ0v) is 17.4. The standard InChI is InChI=1S/C21H17BrN2O3S/c1-11-2-6-15(7-3-11)28-21-16(22)9-14(27-21)10-23-24-19(25)17-12-4-5-13(8-12)18(17)20(24)26/h2-7,9-10,12-13,17-18H,8H2,1H3. The van der Waals surface area contributed by atoms with Crippen molar-refractivity contribution in [1.82, 2.24) is 5.01 Å². The lowest BCUT2D eigenvalue weighted by molar-refractivity contribution is -0.140. The van der Waals surface area contributed by atoms with E-state index >= 15 is 0 Å². The molecule has 2 bridgehead atoms. The van der Waals surface area contributed by atoms with Gasteiger partial charge in [0.05, 0.1) is 22.5 Å². The molecule has 2 heterocycles. The summed E-state index contributed by atoms with van der Waals surface area (Å²) in [6.45, 7) is 2.04. The van der Waals surface area contributed by atoms with Crippen molar-refractivity contribution in [1.29, 1.82) is 0 Å². The van der Waals surface area contributed by atoms with Crippen LogP contribution < -0.4 is 0 Å². The zero-order valence-electron chi connectivity index (χ0n) is 15.0. The van der Waals surface area contributed by atoms with Gasteiger partial charge in [-0.3, -0.25) is 9.59 Å². The number of nitrogens with zero attached hydrogens (tertiary/aromatic N) is 2. The van der Waals surface area contributed by atoms with Gasteiger partial charge < -0.3 is 4.42 Å². The van der Waals surface area contributed by atoms with E-state index < -0.39 is 0 Å². The van der Waals surface area contributed by atoms with E-state index in [-0.39, 0.29) is 35.5 Å². The van der Waals surface area contributed by atoms with Crippen LogP contribution in [0.5, 0.6) is 0 Å². The molecule has 0 spiro atoms. The van der Waals surface area contributed by atoms with Crippen LogP contribution in [0, 0.1) is 30.6 Å². The molecule has 142 valence electrons. The molecule has 5 rings (SSSR count). The number of fused-ring (bicyclic) bond motifs is 5. The highest BCUT2D eigenvalue weighted by molar-refractivity contribution is 9.10. The number of carbonyl (C=O) groups is 2. The van der Waals surface area contributed by atoms with Crippen molar-refractivity contribution in [2.45, 2.75) is 23.3 Å². The van der Waals surface area contributed by atoms with E-state index in [2.05, 4.69) is 33.2 Å². The number of benzene rings is 1. The molecule has 4 unspecified atom stereocenters. The van der Waals surface area contributed by atoms with Crippen LogP contribution in [0.4, 0.5) is 0 Å². The second-order valence-electron chi connectivity index (χ2n) is 7.43. The van der Waals surface area contributed by atoms with Gasteiger partial charge in [0.25, 0.3) is 11.8 Å². The van der Waals surface area contributed by atoms with Crippen LogP contribution in [-0.4, -0.2) is 23.0 Å². The van der Waals surface area contributed by atoms with Crippen molar-refractivity contribution >= 4 is 45.7 Å². The van der Waals surface area contributed by atoms with Gasteiger partial charge in [-0.2, -0.15) is 10.1 Å². The summed E-state index contributed by atoms with van der Waals surface area (Å²) >= 11 is 4.99. The lowest BCUT2D eigenvalue weighted by atomic mass is 9.85. The molecular formula is C21H17BrN2O3S. The van der Waals surface area contributed by atoms with Crippen LogP contribution in [0.1, 0.15) is 17.7 Å². The summed E-state index contributed by atoms with van der Waals surface area (Å²) < 4.78 is 6.64. The normalized spacial score (nSPS) is 28.1. The molecule has 2 aliphatic carbocycles. The first-order chi connectivity index (χ1) is 13.5. The van der Waals surface area contributed by atoms with Gasteiger partial charge in [0.1, 0.15) is 5.76 Å². The summed E-state index contributed by atoms with van der Waals surface area (Å²) in [5.74, 6) is -0.0127. The molecular weight excluding hydrogens is 440 g/mol. The predicted molar refractivity (Wildman–Crippen MR) is 109 cm³/mol. The molecule has 1 aromatic heterocycles. The van der Waals surface area contributed by atoms with Gasteiger partial charge in [0, 0.05) is 11.0 Å². The summed E-state index contributed by atoms with van der Waals surface area (Å²) in [4.78, 5) is 26.4. The first-order valence-corrected chi connectivity index (χ1v) is 10.8. The van der Waals surface area contributed by atoms with Gasteiger partial charge in [0.2, 0.25) is 0 Å². The fourth-order valence-corrected chi connectivity index (χ4v) is 5.66. The minimum absolute atomic E-state index is 0.182. The first kappa shape index (κ1) is 17.9. The number of halogens is 1. The van der Waals surface area contributed by atoms with E-state index in [1.165, 1.54) is 23.5 Å². The summed E-state index contributed by atoms with van der Waals surface area (Å²) in [5.41, 5.74) is 1.20. The molecule has 28 heavy (non-hydrogen) atoms. The second-order valence-corrected chi connectivity index (χ2v) is 9.33. The van der Waals surface area contributed by atoms with Crippen LogP contribution in [0.3, 0.4) is 0 Å². The van der Waals surface area contributed by atoms with Crippen LogP contribution >= 0.6 is 27.7 Å². The quantitative estimate of drug-likeness (QED) is 0.381. The molecule has 4 atom stereocenters. The fourth-order valence-electron chi connectivity index (χ4n) is 4.33. The lowest BCUT2D eigenvalue weighted by Crippen LogP contribution is -2.28.